The van der Waals surface area contributed by atoms with Crippen molar-refractivity contribution in [1.29, 1.82) is 0 Å². The lowest BCUT2D eigenvalue weighted by Crippen LogP contribution is -2.34. The molecule has 0 radical (unpaired) electrons. The van der Waals surface area contributed by atoms with Gasteiger partial charge in [0, 0.05) is 7.05 Å². The summed E-state index contributed by atoms with van der Waals surface area (Å²) in [7, 11) is 1.80. The van der Waals surface area contributed by atoms with Crippen LogP contribution >= 0.6 is 12.4 Å². The van der Waals surface area contributed by atoms with Crippen LogP contribution in [-0.4, -0.2) is 17.9 Å². The number of halogens is 1. The van der Waals surface area contributed by atoms with Crippen LogP contribution < -0.4 is 10.6 Å². The topological polar surface area (TPSA) is 54.0 Å². The molecule has 21 heavy (non-hydrogen) atoms. The Balaban J connectivity index is 0.00000220. The molecule has 112 valence electrons. The van der Waals surface area contributed by atoms with Crippen LogP contribution in [0.3, 0.4) is 0 Å². The maximum Gasteiger partial charge on any atom is 0.234 e. The number of amides is 1. The summed E-state index contributed by atoms with van der Waals surface area (Å²) in [6.07, 6.45) is 1.64. The van der Waals surface area contributed by atoms with Crippen molar-refractivity contribution in [3.8, 4) is 0 Å². The van der Waals surface area contributed by atoms with Crippen LogP contribution in [0.15, 0.2) is 48.7 Å². The SMILES string of the molecule is CNc1ccc(NC(=O)C(C)(C)c2ccccc2)cn1.Cl. The van der Waals surface area contributed by atoms with Gasteiger partial charge < -0.3 is 10.6 Å². The van der Waals surface area contributed by atoms with E-state index < -0.39 is 5.41 Å². The lowest BCUT2D eigenvalue weighted by Gasteiger charge is -2.24. The summed E-state index contributed by atoms with van der Waals surface area (Å²) in [6, 6.07) is 13.4. The van der Waals surface area contributed by atoms with Crippen molar-refractivity contribution >= 4 is 29.8 Å². The molecule has 0 unspecified atom stereocenters. The van der Waals surface area contributed by atoms with Crippen LogP contribution in [0.25, 0.3) is 0 Å². The lowest BCUT2D eigenvalue weighted by molar-refractivity contribution is -0.120. The number of carbonyl (C=O) groups excluding carboxylic acids is 1. The number of pyridine rings is 1. The van der Waals surface area contributed by atoms with E-state index in [-0.39, 0.29) is 18.3 Å². The largest absolute Gasteiger partial charge is 0.373 e. The molecular weight excluding hydrogens is 286 g/mol. The Morgan fingerprint density at radius 2 is 1.76 bits per heavy atom. The van der Waals surface area contributed by atoms with Crippen molar-refractivity contribution in [3.05, 3.63) is 54.2 Å². The summed E-state index contributed by atoms with van der Waals surface area (Å²) >= 11 is 0. The molecule has 0 bridgehead atoms. The molecule has 1 heterocycles. The molecule has 2 aromatic rings. The van der Waals surface area contributed by atoms with Gasteiger partial charge in [0.1, 0.15) is 5.82 Å². The Morgan fingerprint density at radius 3 is 2.29 bits per heavy atom. The minimum atomic E-state index is -0.594. The van der Waals surface area contributed by atoms with E-state index in [0.717, 1.165) is 11.4 Å². The van der Waals surface area contributed by atoms with Crippen LogP contribution in [0.2, 0.25) is 0 Å². The zero-order valence-electron chi connectivity index (χ0n) is 12.4. The molecule has 5 heteroatoms. The van der Waals surface area contributed by atoms with E-state index in [1.165, 1.54) is 0 Å². The highest BCUT2D eigenvalue weighted by Gasteiger charge is 2.29. The Hall–Kier alpha value is -2.07. The number of hydrogen-bond acceptors (Lipinski definition) is 3. The zero-order chi connectivity index (χ0) is 14.6. The molecular formula is C16H20ClN3O. The van der Waals surface area contributed by atoms with Crippen molar-refractivity contribution in [2.75, 3.05) is 17.7 Å². The van der Waals surface area contributed by atoms with E-state index in [9.17, 15) is 4.79 Å². The summed E-state index contributed by atoms with van der Waals surface area (Å²) < 4.78 is 0. The van der Waals surface area contributed by atoms with Gasteiger partial charge in [0.15, 0.2) is 0 Å². The van der Waals surface area contributed by atoms with Gasteiger partial charge in [-0.2, -0.15) is 0 Å². The molecule has 0 aliphatic heterocycles. The first kappa shape index (κ1) is 17.0. The molecule has 0 aliphatic carbocycles. The molecule has 0 aliphatic rings. The van der Waals surface area contributed by atoms with Gasteiger partial charge in [0.05, 0.1) is 17.3 Å². The maximum atomic E-state index is 12.4. The molecule has 0 spiro atoms. The Labute approximate surface area is 131 Å². The van der Waals surface area contributed by atoms with E-state index in [2.05, 4.69) is 15.6 Å². The number of hydrogen-bond donors (Lipinski definition) is 2. The first-order chi connectivity index (χ1) is 9.54. The Kier molecular flexibility index (Phi) is 5.73. The van der Waals surface area contributed by atoms with Crippen molar-refractivity contribution < 1.29 is 4.79 Å². The van der Waals surface area contributed by atoms with E-state index >= 15 is 0 Å². The van der Waals surface area contributed by atoms with E-state index in [1.54, 1.807) is 13.2 Å². The normalized spacial score (nSPS) is 10.4. The second kappa shape index (κ2) is 7.09. The summed E-state index contributed by atoms with van der Waals surface area (Å²) in [5.41, 5.74) is 1.08. The number of benzene rings is 1. The predicted molar refractivity (Wildman–Crippen MR) is 89.1 cm³/mol. The Bertz CT molecular complexity index is 582. The predicted octanol–water partition coefficient (Wildman–Crippen LogP) is 3.46. The van der Waals surface area contributed by atoms with Gasteiger partial charge in [-0.15, -0.1) is 12.4 Å². The number of aromatic nitrogens is 1. The monoisotopic (exact) mass is 305 g/mol. The minimum Gasteiger partial charge on any atom is -0.373 e. The second-order valence-corrected chi connectivity index (χ2v) is 5.13. The van der Waals surface area contributed by atoms with Crippen LogP contribution in [0.4, 0.5) is 11.5 Å². The molecule has 2 N–H and O–H groups in total. The van der Waals surface area contributed by atoms with Crippen molar-refractivity contribution in [1.82, 2.24) is 4.98 Å². The summed E-state index contributed by atoms with van der Waals surface area (Å²) in [4.78, 5) is 16.6. The third-order valence-corrected chi connectivity index (χ3v) is 3.34. The van der Waals surface area contributed by atoms with Crippen molar-refractivity contribution in [3.63, 3.8) is 0 Å². The van der Waals surface area contributed by atoms with Crippen LogP contribution in [0.5, 0.6) is 0 Å². The molecule has 2 rings (SSSR count). The lowest BCUT2D eigenvalue weighted by atomic mass is 9.84. The van der Waals surface area contributed by atoms with Gasteiger partial charge in [-0.05, 0) is 31.5 Å². The van der Waals surface area contributed by atoms with Gasteiger partial charge in [0.25, 0.3) is 0 Å². The van der Waals surface area contributed by atoms with Crippen LogP contribution in [0, 0.1) is 0 Å². The van der Waals surface area contributed by atoms with Gasteiger partial charge >= 0.3 is 0 Å². The van der Waals surface area contributed by atoms with Gasteiger partial charge in [-0.1, -0.05) is 30.3 Å². The number of rotatable bonds is 4. The molecule has 1 aromatic carbocycles. The molecule has 0 saturated carbocycles. The fourth-order valence-electron chi connectivity index (χ4n) is 1.89. The number of nitrogens with one attached hydrogen (secondary N) is 2. The van der Waals surface area contributed by atoms with Gasteiger partial charge in [-0.25, -0.2) is 4.98 Å². The average molecular weight is 306 g/mol. The smallest absolute Gasteiger partial charge is 0.234 e. The Morgan fingerprint density at radius 1 is 1.10 bits per heavy atom. The third-order valence-electron chi connectivity index (χ3n) is 3.34. The molecule has 1 amide bonds. The quantitative estimate of drug-likeness (QED) is 0.909. The highest BCUT2D eigenvalue weighted by Crippen LogP contribution is 2.24. The standard InChI is InChI=1S/C16H19N3O.ClH/c1-16(2,12-7-5-4-6-8-12)15(20)19-13-9-10-14(17-3)18-11-13;/h4-11H,1-3H3,(H,17,18)(H,19,20);1H. The van der Waals surface area contributed by atoms with Crippen molar-refractivity contribution in [2.24, 2.45) is 0 Å². The first-order valence-corrected chi connectivity index (χ1v) is 6.55. The number of anilines is 2. The summed E-state index contributed by atoms with van der Waals surface area (Å²) in [5.74, 6) is 0.716. The van der Waals surface area contributed by atoms with E-state index in [0.29, 0.717) is 5.69 Å². The molecule has 4 nitrogen and oxygen atoms in total. The number of nitrogens with zero attached hydrogens (tertiary/aromatic N) is 1. The highest BCUT2D eigenvalue weighted by molar-refractivity contribution is 5.98. The fourth-order valence-corrected chi connectivity index (χ4v) is 1.89. The molecule has 0 saturated heterocycles. The highest BCUT2D eigenvalue weighted by atomic mass is 35.5. The van der Waals surface area contributed by atoms with Crippen molar-refractivity contribution in [2.45, 2.75) is 19.3 Å². The minimum absolute atomic E-state index is 0. The maximum absolute atomic E-state index is 12.4. The van der Waals surface area contributed by atoms with E-state index in [4.69, 9.17) is 0 Å². The first-order valence-electron chi connectivity index (χ1n) is 6.55. The van der Waals surface area contributed by atoms with E-state index in [1.807, 2.05) is 56.3 Å². The average Bonchev–Trinajstić information content (AvgIpc) is 2.49. The summed E-state index contributed by atoms with van der Waals surface area (Å²) in [5, 5.41) is 5.84. The molecule has 0 atom stereocenters. The van der Waals surface area contributed by atoms with Crippen LogP contribution in [0.1, 0.15) is 19.4 Å². The zero-order valence-corrected chi connectivity index (χ0v) is 13.2. The van der Waals surface area contributed by atoms with Crippen LogP contribution in [-0.2, 0) is 10.2 Å². The molecule has 1 aromatic heterocycles. The molecule has 0 fully saturated rings. The van der Waals surface area contributed by atoms with Gasteiger partial charge in [-0.3, -0.25) is 4.79 Å². The fraction of sp³-hybridized carbons (Fsp3) is 0.250. The second-order valence-electron chi connectivity index (χ2n) is 5.13. The third kappa shape index (κ3) is 3.95. The summed E-state index contributed by atoms with van der Waals surface area (Å²) in [6.45, 7) is 3.82. The number of carbonyl (C=O) groups is 1. The van der Waals surface area contributed by atoms with Gasteiger partial charge in [0.2, 0.25) is 5.91 Å².